The monoisotopic (exact) mass is 242 g/mol. The summed E-state index contributed by atoms with van der Waals surface area (Å²) in [5, 5.41) is 12.6. The molecule has 94 valence electrons. The highest BCUT2D eigenvalue weighted by molar-refractivity contribution is 5.91. The van der Waals surface area contributed by atoms with E-state index in [2.05, 4.69) is 5.16 Å². The number of hydrogen-bond acceptors (Lipinski definition) is 5. The summed E-state index contributed by atoms with van der Waals surface area (Å²) in [7, 11) is 0. The van der Waals surface area contributed by atoms with Crippen molar-refractivity contribution < 1.29 is 19.5 Å². The molecule has 0 aromatic heterocycles. The van der Waals surface area contributed by atoms with E-state index < -0.39 is 18.1 Å². The fourth-order valence-electron chi connectivity index (χ4n) is 1.86. The second kappa shape index (κ2) is 4.48. The lowest BCUT2D eigenvalue weighted by Crippen LogP contribution is -2.50. The summed E-state index contributed by atoms with van der Waals surface area (Å²) in [5.74, 6) is 0.131. The Hall–Kier alpha value is -1.99. The van der Waals surface area contributed by atoms with Gasteiger partial charge in [-0.3, -0.25) is 4.79 Å². The molecule has 0 aliphatic carbocycles. The molecule has 2 aliphatic rings. The van der Waals surface area contributed by atoms with Crippen LogP contribution in [-0.4, -0.2) is 65.0 Å². The van der Waals surface area contributed by atoms with Gasteiger partial charge in [-0.15, -0.1) is 0 Å². The smallest absolute Gasteiger partial charge is 0.407 e. The van der Waals surface area contributed by atoms with Crippen molar-refractivity contribution in [1.82, 2.24) is 9.80 Å². The minimum absolute atomic E-state index is 0.363. The van der Waals surface area contributed by atoms with Gasteiger partial charge in [0, 0.05) is 26.2 Å². The molecular formula is C9H14N4O4. The molecule has 0 bridgehead atoms. The second-order valence-electron chi connectivity index (χ2n) is 3.96. The van der Waals surface area contributed by atoms with Gasteiger partial charge in [-0.2, -0.15) is 0 Å². The Bertz CT molecular complexity index is 362. The van der Waals surface area contributed by atoms with E-state index in [1.807, 2.05) is 4.90 Å². The third-order valence-corrected chi connectivity index (χ3v) is 2.89. The van der Waals surface area contributed by atoms with E-state index in [1.165, 1.54) is 4.90 Å². The van der Waals surface area contributed by atoms with Crippen LogP contribution in [0, 0.1) is 0 Å². The van der Waals surface area contributed by atoms with Crippen LogP contribution in [0.3, 0.4) is 0 Å². The first-order valence-electron chi connectivity index (χ1n) is 5.33. The van der Waals surface area contributed by atoms with E-state index >= 15 is 0 Å². The fraction of sp³-hybridized carbons (Fsp3) is 0.667. The zero-order chi connectivity index (χ0) is 12.4. The van der Waals surface area contributed by atoms with Crippen LogP contribution in [0.2, 0.25) is 0 Å². The van der Waals surface area contributed by atoms with Crippen molar-refractivity contribution in [1.29, 1.82) is 0 Å². The number of hydrogen-bond donors (Lipinski definition) is 2. The average Bonchev–Trinajstić information content (AvgIpc) is 2.78. The van der Waals surface area contributed by atoms with Crippen molar-refractivity contribution >= 4 is 17.8 Å². The molecule has 8 nitrogen and oxygen atoms in total. The molecule has 2 aliphatic heterocycles. The number of oxime groups is 1. The summed E-state index contributed by atoms with van der Waals surface area (Å²) in [6, 6.07) is 0. The standard InChI is InChI=1S/C9H14N4O4/c10-8(14)6-5-7(11-17-6)12-1-3-13(4-2-12)9(15)16/h6H,1-5H2,(H2,10,14)(H,15,16). The summed E-state index contributed by atoms with van der Waals surface area (Å²) >= 11 is 0. The van der Waals surface area contributed by atoms with Crippen molar-refractivity contribution in [2.75, 3.05) is 26.2 Å². The molecule has 2 heterocycles. The van der Waals surface area contributed by atoms with Gasteiger partial charge < -0.3 is 25.5 Å². The number of rotatable bonds is 1. The van der Waals surface area contributed by atoms with Gasteiger partial charge in [-0.1, -0.05) is 5.16 Å². The van der Waals surface area contributed by atoms with Gasteiger partial charge >= 0.3 is 6.09 Å². The minimum Gasteiger partial charge on any atom is -0.465 e. The lowest BCUT2D eigenvalue weighted by Gasteiger charge is -2.33. The molecule has 2 rings (SSSR count). The topological polar surface area (TPSA) is 108 Å². The highest BCUT2D eigenvalue weighted by Crippen LogP contribution is 2.15. The number of carboxylic acid groups (broad SMARTS) is 1. The predicted molar refractivity (Wildman–Crippen MR) is 57.3 cm³/mol. The Morgan fingerprint density at radius 1 is 1.35 bits per heavy atom. The average molecular weight is 242 g/mol. The molecule has 17 heavy (non-hydrogen) atoms. The minimum atomic E-state index is -0.913. The molecule has 3 N–H and O–H groups in total. The molecule has 0 spiro atoms. The van der Waals surface area contributed by atoms with Gasteiger partial charge in [-0.05, 0) is 0 Å². The van der Waals surface area contributed by atoms with Crippen LogP contribution in [0.4, 0.5) is 4.79 Å². The molecule has 1 atom stereocenters. The SMILES string of the molecule is NC(=O)C1CC(N2CCN(C(=O)O)CC2)=NO1. The van der Waals surface area contributed by atoms with Gasteiger partial charge in [0.25, 0.3) is 5.91 Å². The maximum atomic E-state index is 10.9. The largest absolute Gasteiger partial charge is 0.465 e. The van der Waals surface area contributed by atoms with E-state index in [4.69, 9.17) is 15.7 Å². The maximum absolute atomic E-state index is 10.9. The number of piperazine rings is 1. The van der Waals surface area contributed by atoms with Crippen molar-refractivity contribution in [2.45, 2.75) is 12.5 Å². The van der Waals surface area contributed by atoms with Crippen LogP contribution in [0.1, 0.15) is 6.42 Å². The van der Waals surface area contributed by atoms with Crippen LogP contribution in [-0.2, 0) is 9.63 Å². The van der Waals surface area contributed by atoms with Crippen LogP contribution in [0.5, 0.6) is 0 Å². The zero-order valence-electron chi connectivity index (χ0n) is 9.20. The molecule has 0 aromatic carbocycles. The van der Waals surface area contributed by atoms with Crippen LogP contribution in [0.25, 0.3) is 0 Å². The number of amides is 2. The molecule has 1 saturated heterocycles. The lowest BCUT2D eigenvalue weighted by molar-refractivity contribution is -0.127. The third-order valence-electron chi connectivity index (χ3n) is 2.89. The van der Waals surface area contributed by atoms with Gasteiger partial charge in [-0.25, -0.2) is 4.79 Å². The third kappa shape index (κ3) is 2.40. The van der Waals surface area contributed by atoms with Gasteiger partial charge in [0.2, 0.25) is 6.10 Å². The fourth-order valence-corrected chi connectivity index (χ4v) is 1.86. The van der Waals surface area contributed by atoms with Gasteiger partial charge in [0.05, 0.1) is 6.42 Å². The zero-order valence-corrected chi connectivity index (χ0v) is 9.20. The van der Waals surface area contributed by atoms with E-state index in [0.717, 1.165) is 0 Å². The number of amidine groups is 1. The summed E-state index contributed by atoms with van der Waals surface area (Å²) in [5.41, 5.74) is 5.11. The summed E-state index contributed by atoms with van der Waals surface area (Å²) in [6.07, 6.45) is -1.24. The summed E-state index contributed by atoms with van der Waals surface area (Å²) in [4.78, 5) is 29.8. The Balaban J connectivity index is 1.86. The normalized spacial score (nSPS) is 24.2. The highest BCUT2D eigenvalue weighted by atomic mass is 16.6. The van der Waals surface area contributed by atoms with Gasteiger partial charge in [0.15, 0.2) is 0 Å². The Kier molecular flexibility index (Phi) is 3.03. The Morgan fingerprint density at radius 3 is 2.47 bits per heavy atom. The van der Waals surface area contributed by atoms with Gasteiger partial charge in [0.1, 0.15) is 5.84 Å². The maximum Gasteiger partial charge on any atom is 0.407 e. The summed E-state index contributed by atoms with van der Waals surface area (Å²) < 4.78 is 0. The molecule has 1 fully saturated rings. The number of nitrogens with two attached hydrogens (primary N) is 1. The first-order chi connectivity index (χ1) is 8.08. The van der Waals surface area contributed by atoms with Crippen molar-refractivity contribution in [3.8, 4) is 0 Å². The predicted octanol–water partition coefficient (Wildman–Crippen LogP) is -1.13. The molecule has 8 heteroatoms. The molecular weight excluding hydrogens is 228 g/mol. The highest BCUT2D eigenvalue weighted by Gasteiger charge is 2.31. The molecule has 0 saturated carbocycles. The number of carbonyl (C=O) groups is 2. The molecule has 1 unspecified atom stereocenters. The quantitative estimate of drug-likeness (QED) is 0.604. The van der Waals surface area contributed by atoms with Crippen molar-refractivity contribution in [3.05, 3.63) is 0 Å². The molecule has 0 radical (unpaired) electrons. The first-order valence-corrected chi connectivity index (χ1v) is 5.33. The van der Waals surface area contributed by atoms with Crippen molar-refractivity contribution in [2.24, 2.45) is 10.9 Å². The van der Waals surface area contributed by atoms with E-state index in [-0.39, 0.29) is 0 Å². The number of primary amides is 1. The van der Waals surface area contributed by atoms with Crippen LogP contribution in [0.15, 0.2) is 5.16 Å². The van der Waals surface area contributed by atoms with Crippen LogP contribution < -0.4 is 5.73 Å². The second-order valence-corrected chi connectivity index (χ2v) is 3.96. The number of carbonyl (C=O) groups excluding carboxylic acids is 1. The van der Waals surface area contributed by atoms with Crippen molar-refractivity contribution in [3.63, 3.8) is 0 Å². The summed E-state index contributed by atoms with van der Waals surface area (Å²) in [6.45, 7) is 1.96. The lowest BCUT2D eigenvalue weighted by atomic mass is 10.2. The van der Waals surface area contributed by atoms with Crippen LogP contribution >= 0.6 is 0 Å². The van der Waals surface area contributed by atoms with E-state index in [0.29, 0.717) is 38.4 Å². The van der Waals surface area contributed by atoms with E-state index in [1.54, 1.807) is 0 Å². The molecule has 0 aromatic rings. The first kappa shape index (κ1) is 11.5. The number of nitrogens with zero attached hydrogens (tertiary/aromatic N) is 3. The molecule has 2 amide bonds. The van der Waals surface area contributed by atoms with E-state index in [9.17, 15) is 9.59 Å². The Morgan fingerprint density at radius 2 is 2.00 bits per heavy atom. The Labute approximate surface area is 97.6 Å².